The monoisotopic (exact) mass is 428 g/mol. The van der Waals surface area contributed by atoms with Gasteiger partial charge in [-0.25, -0.2) is 4.79 Å². The van der Waals surface area contributed by atoms with E-state index in [-0.39, 0.29) is 24.1 Å². The van der Waals surface area contributed by atoms with Crippen LogP contribution in [0.3, 0.4) is 0 Å². The first kappa shape index (κ1) is 22.7. The van der Waals surface area contributed by atoms with E-state index in [0.717, 1.165) is 35.6 Å². The first-order valence-corrected chi connectivity index (χ1v) is 10.6. The van der Waals surface area contributed by atoms with Crippen LogP contribution >= 0.6 is 0 Å². The molecule has 0 spiro atoms. The van der Waals surface area contributed by atoms with E-state index < -0.39 is 6.09 Å². The fraction of sp³-hybridized carbons (Fsp3) is 0.545. The molecule has 1 N–H and O–H groups in total. The zero-order chi connectivity index (χ0) is 22.7. The number of anilines is 1. The minimum absolute atomic E-state index is 0.0284. The minimum atomic E-state index is -0.463. The van der Waals surface area contributed by atoms with Crippen LogP contribution in [-0.4, -0.2) is 64.7 Å². The Bertz CT molecular complexity index is 939. The summed E-state index contributed by atoms with van der Waals surface area (Å²) in [6.45, 7) is 8.77. The number of alkyl carbamates (subject to hydrolysis) is 1. The van der Waals surface area contributed by atoms with Gasteiger partial charge in [0, 0.05) is 30.8 Å². The van der Waals surface area contributed by atoms with Crippen LogP contribution in [0.1, 0.15) is 45.7 Å². The number of nitrogens with one attached hydrogen (secondary N) is 1. The van der Waals surface area contributed by atoms with Gasteiger partial charge < -0.3 is 19.9 Å². The number of fused-ring (bicyclic) bond motifs is 1. The average molecular weight is 429 g/mol. The molecule has 168 valence electrons. The summed E-state index contributed by atoms with van der Waals surface area (Å²) < 4.78 is 7.10. The molecule has 0 unspecified atom stereocenters. The van der Waals surface area contributed by atoms with E-state index in [1.165, 1.54) is 0 Å². The lowest BCUT2D eigenvalue weighted by Gasteiger charge is -2.39. The molecule has 9 heteroatoms. The molecule has 9 nitrogen and oxygen atoms in total. The van der Waals surface area contributed by atoms with Crippen LogP contribution in [-0.2, 0) is 16.1 Å². The summed E-state index contributed by atoms with van der Waals surface area (Å²) in [6.07, 6.45) is 1.83. The topological polar surface area (TPSA) is 92.6 Å². The Hall–Kier alpha value is -2.94. The zero-order valence-corrected chi connectivity index (χ0v) is 19.1. The summed E-state index contributed by atoms with van der Waals surface area (Å²) in [5.41, 5.74) is 3.30. The predicted molar refractivity (Wildman–Crippen MR) is 119 cm³/mol. The van der Waals surface area contributed by atoms with E-state index in [4.69, 9.17) is 4.74 Å². The number of aromatic nitrogens is 3. The quantitative estimate of drug-likeness (QED) is 0.761. The van der Waals surface area contributed by atoms with E-state index in [0.29, 0.717) is 6.42 Å². The van der Waals surface area contributed by atoms with Gasteiger partial charge >= 0.3 is 6.09 Å². The van der Waals surface area contributed by atoms with E-state index in [9.17, 15) is 9.59 Å². The summed E-state index contributed by atoms with van der Waals surface area (Å²) >= 11 is 0. The van der Waals surface area contributed by atoms with Crippen LogP contribution in [0.2, 0.25) is 0 Å². The van der Waals surface area contributed by atoms with Gasteiger partial charge in [-0.3, -0.25) is 9.48 Å². The minimum Gasteiger partial charge on any atom is -0.447 e. The van der Waals surface area contributed by atoms with Crippen molar-refractivity contribution >= 4 is 17.7 Å². The van der Waals surface area contributed by atoms with Crippen molar-refractivity contribution in [1.82, 2.24) is 25.2 Å². The van der Waals surface area contributed by atoms with Crippen LogP contribution in [0, 0.1) is 0 Å². The maximum atomic E-state index is 12.3. The van der Waals surface area contributed by atoms with Crippen LogP contribution in [0.4, 0.5) is 10.5 Å². The van der Waals surface area contributed by atoms with Gasteiger partial charge in [-0.15, -0.1) is 5.10 Å². The number of carbonyl (C=O) groups is 2. The average Bonchev–Trinajstić information content (AvgIpc) is 3.14. The molecule has 2 aromatic rings. The SMILES string of the molecule is CC(=O)N1c2ccc(-c3cn(CCN(C)C)nn3)cc2[C@H](NC(=O)OC(C)C)C[C@@H]1C. The molecule has 1 aliphatic rings. The molecule has 0 saturated carbocycles. The Balaban J connectivity index is 1.93. The Morgan fingerprint density at radius 2 is 2.06 bits per heavy atom. The molecule has 31 heavy (non-hydrogen) atoms. The van der Waals surface area contributed by atoms with Crippen LogP contribution in [0.5, 0.6) is 0 Å². The number of carbonyl (C=O) groups excluding carboxylic acids is 2. The highest BCUT2D eigenvalue weighted by molar-refractivity contribution is 5.94. The molecule has 3 rings (SSSR count). The van der Waals surface area contributed by atoms with Crippen molar-refractivity contribution in [3.63, 3.8) is 0 Å². The van der Waals surface area contributed by atoms with Crippen molar-refractivity contribution in [2.75, 3.05) is 25.5 Å². The number of rotatable bonds is 6. The Kier molecular flexibility index (Phi) is 6.94. The van der Waals surface area contributed by atoms with E-state index >= 15 is 0 Å². The van der Waals surface area contributed by atoms with Crippen molar-refractivity contribution in [3.8, 4) is 11.3 Å². The first-order chi connectivity index (χ1) is 14.7. The Labute approximate surface area is 183 Å². The molecule has 1 aromatic heterocycles. The van der Waals surface area contributed by atoms with Gasteiger partial charge in [0.25, 0.3) is 0 Å². The maximum absolute atomic E-state index is 12.3. The predicted octanol–water partition coefficient (Wildman–Crippen LogP) is 2.83. The van der Waals surface area contributed by atoms with Gasteiger partial charge in [-0.1, -0.05) is 11.3 Å². The first-order valence-electron chi connectivity index (χ1n) is 10.6. The second-order valence-electron chi connectivity index (χ2n) is 8.57. The molecule has 2 heterocycles. The van der Waals surface area contributed by atoms with Gasteiger partial charge in [0.15, 0.2) is 0 Å². The molecule has 0 fully saturated rings. The number of hydrogen-bond acceptors (Lipinski definition) is 6. The van der Waals surface area contributed by atoms with Gasteiger partial charge in [0.05, 0.1) is 24.9 Å². The van der Waals surface area contributed by atoms with Crippen molar-refractivity contribution in [2.24, 2.45) is 0 Å². The van der Waals surface area contributed by atoms with Crippen molar-refractivity contribution in [2.45, 2.75) is 58.8 Å². The van der Waals surface area contributed by atoms with Crippen LogP contribution in [0.15, 0.2) is 24.4 Å². The third-order valence-electron chi connectivity index (χ3n) is 5.26. The fourth-order valence-corrected chi connectivity index (χ4v) is 3.87. The number of benzene rings is 1. The van der Waals surface area contributed by atoms with Gasteiger partial charge in [0.2, 0.25) is 5.91 Å². The zero-order valence-electron chi connectivity index (χ0n) is 19.1. The lowest BCUT2D eigenvalue weighted by molar-refractivity contribution is -0.117. The molecule has 0 radical (unpaired) electrons. The van der Waals surface area contributed by atoms with Gasteiger partial charge in [-0.05, 0) is 59.0 Å². The third kappa shape index (κ3) is 5.41. The van der Waals surface area contributed by atoms with E-state index in [2.05, 4.69) is 20.5 Å². The van der Waals surface area contributed by atoms with Crippen LogP contribution < -0.4 is 10.2 Å². The lowest BCUT2D eigenvalue weighted by atomic mass is 9.90. The summed E-state index contributed by atoms with van der Waals surface area (Å²) in [6, 6.07) is 5.53. The maximum Gasteiger partial charge on any atom is 0.407 e. The highest BCUT2D eigenvalue weighted by atomic mass is 16.6. The summed E-state index contributed by atoms with van der Waals surface area (Å²) in [4.78, 5) is 28.5. The highest BCUT2D eigenvalue weighted by Gasteiger charge is 2.34. The third-order valence-corrected chi connectivity index (χ3v) is 5.26. The lowest BCUT2D eigenvalue weighted by Crippen LogP contribution is -2.45. The standard InChI is InChI=1S/C22H32N6O3/c1-14(2)31-22(30)23-19-11-15(3)28(16(4)29)21-8-7-17(12-18(19)21)20-13-27(25-24-20)10-9-26(5)6/h7-8,12-15,19H,9-11H2,1-6H3,(H,23,30)/t15-,19+/m0/s1. The molecule has 0 aliphatic carbocycles. The number of likely N-dealkylation sites (N-methyl/N-ethyl adjacent to an activating group) is 1. The Morgan fingerprint density at radius 1 is 1.32 bits per heavy atom. The molecular weight excluding hydrogens is 396 g/mol. The number of amides is 2. The molecular formula is C22H32N6O3. The summed E-state index contributed by atoms with van der Waals surface area (Å²) in [7, 11) is 4.03. The van der Waals surface area contributed by atoms with Gasteiger partial charge in [0.1, 0.15) is 5.69 Å². The second kappa shape index (κ2) is 9.47. The van der Waals surface area contributed by atoms with Crippen molar-refractivity contribution < 1.29 is 14.3 Å². The molecule has 2 amide bonds. The van der Waals surface area contributed by atoms with E-state index in [1.54, 1.807) is 11.8 Å². The normalized spacial score (nSPS) is 18.3. The second-order valence-corrected chi connectivity index (χ2v) is 8.57. The van der Waals surface area contributed by atoms with Crippen molar-refractivity contribution in [3.05, 3.63) is 30.0 Å². The molecule has 0 bridgehead atoms. The largest absolute Gasteiger partial charge is 0.447 e. The van der Waals surface area contributed by atoms with Gasteiger partial charge in [-0.2, -0.15) is 0 Å². The Morgan fingerprint density at radius 3 is 2.71 bits per heavy atom. The molecule has 1 aliphatic heterocycles. The summed E-state index contributed by atoms with van der Waals surface area (Å²) in [5.74, 6) is -0.0284. The number of ether oxygens (including phenoxy) is 1. The molecule has 2 atom stereocenters. The number of nitrogens with zero attached hydrogens (tertiary/aromatic N) is 5. The molecule has 1 aromatic carbocycles. The fourth-order valence-electron chi connectivity index (χ4n) is 3.87. The van der Waals surface area contributed by atoms with Crippen LogP contribution in [0.25, 0.3) is 11.3 Å². The van der Waals surface area contributed by atoms with Crippen molar-refractivity contribution in [1.29, 1.82) is 0 Å². The smallest absolute Gasteiger partial charge is 0.407 e. The highest BCUT2D eigenvalue weighted by Crippen LogP contribution is 2.39. The number of hydrogen-bond donors (Lipinski definition) is 1. The summed E-state index contributed by atoms with van der Waals surface area (Å²) in [5, 5.41) is 11.5. The molecule has 0 saturated heterocycles. The van der Waals surface area contributed by atoms with E-state index in [1.807, 2.05) is 63.9 Å².